The molecule has 0 bridgehead atoms. The van der Waals surface area contributed by atoms with Gasteiger partial charge >= 0.3 is 5.97 Å². The SMILES string of the molecule is CC1OCCC1(CC1Cc2ccccc2O1)C(=O)O. The lowest BCUT2D eigenvalue weighted by molar-refractivity contribution is -0.153. The summed E-state index contributed by atoms with van der Waals surface area (Å²) in [7, 11) is 0. The minimum Gasteiger partial charge on any atom is -0.490 e. The standard InChI is InChI=1S/C15H18O4/c1-10-15(14(16)17,6-7-18-10)9-12-8-11-4-2-3-5-13(11)19-12/h2-5,10,12H,6-9H2,1H3,(H,16,17). The number of carbonyl (C=O) groups is 1. The van der Waals surface area contributed by atoms with Crippen LogP contribution < -0.4 is 4.74 Å². The van der Waals surface area contributed by atoms with Crippen LogP contribution in [0.3, 0.4) is 0 Å². The van der Waals surface area contributed by atoms with Crippen LogP contribution in [0.15, 0.2) is 24.3 Å². The van der Waals surface area contributed by atoms with Gasteiger partial charge in [0.25, 0.3) is 0 Å². The zero-order chi connectivity index (χ0) is 13.5. The average Bonchev–Trinajstić information content (AvgIpc) is 2.94. The Morgan fingerprint density at radius 3 is 2.89 bits per heavy atom. The van der Waals surface area contributed by atoms with Crippen LogP contribution in [0, 0.1) is 5.41 Å². The molecular formula is C15H18O4. The number of rotatable bonds is 3. The third kappa shape index (κ3) is 2.00. The van der Waals surface area contributed by atoms with Gasteiger partial charge < -0.3 is 14.6 Å². The van der Waals surface area contributed by atoms with E-state index in [-0.39, 0.29) is 12.2 Å². The molecule has 1 fully saturated rings. The van der Waals surface area contributed by atoms with Crippen LogP contribution in [0.1, 0.15) is 25.3 Å². The summed E-state index contributed by atoms with van der Waals surface area (Å²) in [5.41, 5.74) is 0.367. The number of hydrogen-bond donors (Lipinski definition) is 1. The first-order chi connectivity index (χ1) is 9.12. The predicted molar refractivity (Wildman–Crippen MR) is 69.3 cm³/mol. The van der Waals surface area contributed by atoms with Crippen LogP contribution in [-0.4, -0.2) is 29.9 Å². The van der Waals surface area contributed by atoms with Crippen molar-refractivity contribution in [3.05, 3.63) is 29.8 Å². The fourth-order valence-electron chi connectivity index (χ4n) is 3.19. The second-order valence-electron chi connectivity index (χ2n) is 5.48. The highest BCUT2D eigenvalue weighted by molar-refractivity contribution is 5.76. The van der Waals surface area contributed by atoms with E-state index in [4.69, 9.17) is 9.47 Å². The van der Waals surface area contributed by atoms with Gasteiger partial charge in [0.1, 0.15) is 11.9 Å². The van der Waals surface area contributed by atoms with E-state index in [0.717, 1.165) is 12.2 Å². The van der Waals surface area contributed by atoms with E-state index in [1.807, 2.05) is 31.2 Å². The fourth-order valence-corrected chi connectivity index (χ4v) is 3.19. The van der Waals surface area contributed by atoms with Crippen LogP contribution in [0.25, 0.3) is 0 Å². The topological polar surface area (TPSA) is 55.8 Å². The molecule has 0 radical (unpaired) electrons. The van der Waals surface area contributed by atoms with Gasteiger partial charge in [-0.15, -0.1) is 0 Å². The lowest BCUT2D eigenvalue weighted by Gasteiger charge is -2.29. The molecule has 1 aromatic carbocycles. The molecule has 4 nitrogen and oxygen atoms in total. The fraction of sp³-hybridized carbons (Fsp3) is 0.533. The largest absolute Gasteiger partial charge is 0.490 e. The molecule has 3 unspecified atom stereocenters. The van der Waals surface area contributed by atoms with Crippen molar-refractivity contribution in [2.75, 3.05) is 6.61 Å². The highest BCUT2D eigenvalue weighted by Gasteiger charge is 2.50. The summed E-state index contributed by atoms with van der Waals surface area (Å²) in [5, 5.41) is 9.58. The van der Waals surface area contributed by atoms with Crippen LogP contribution in [0.4, 0.5) is 0 Å². The Hall–Kier alpha value is -1.55. The second-order valence-corrected chi connectivity index (χ2v) is 5.48. The Bertz CT molecular complexity index is 474. The molecule has 2 aliphatic rings. The molecule has 3 rings (SSSR count). The van der Waals surface area contributed by atoms with Gasteiger partial charge in [0.15, 0.2) is 0 Å². The van der Waals surface area contributed by atoms with Gasteiger partial charge in [-0.05, 0) is 25.0 Å². The summed E-state index contributed by atoms with van der Waals surface area (Å²) in [5.74, 6) is 0.122. The predicted octanol–water partition coefficient (Wildman–Crippen LogP) is 2.26. The molecule has 1 saturated heterocycles. The van der Waals surface area contributed by atoms with E-state index in [1.54, 1.807) is 0 Å². The van der Waals surface area contributed by atoms with Gasteiger partial charge in [-0.2, -0.15) is 0 Å². The number of benzene rings is 1. The zero-order valence-electron chi connectivity index (χ0n) is 11.0. The second kappa shape index (κ2) is 4.53. The number of para-hydroxylation sites is 1. The number of fused-ring (bicyclic) bond motifs is 1. The normalized spacial score (nSPS) is 32.9. The van der Waals surface area contributed by atoms with Crippen LogP contribution in [0.2, 0.25) is 0 Å². The van der Waals surface area contributed by atoms with Gasteiger partial charge in [0.2, 0.25) is 0 Å². The minimum atomic E-state index is -0.799. The number of carboxylic acid groups (broad SMARTS) is 1. The Labute approximate surface area is 112 Å². The van der Waals surface area contributed by atoms with E-state index >= 15 is 0 Å². The third-order valence-corrected chi connectivity index (χ3v) is 4.43. The maximum atomic E-state index is 11.7. The highest BCUT2D eigenvalue weighted by Crippen LogP contribution is 2.42. The minimum absolute atomic E-state index is 0.0577. The molecule has 102 valence electrons. The van der Waals surface area contributed by atoms with Gasteiger partial charge in [-0.25, -0.2) is 0 Å². The first-order valence-electron chi connectivity index (χ1n) is 6.71. The Kier molecular flexibility index (Phi) is 2.97. The van der Waals surface area contributed by atoms with Gasteiger partial charge in [0.05, 0.1) is 11.5 Å². The molecule has 4 heteroatoms. The van der Waals surface area contributed by atoms with Crippen LogP contribution >= 0.6 is 0 Å². The molecule has 3 atom stereocenters. The monoisotopic (exact) mass is 262 g/mol. The molecule has 19 heavy (non-hydrogen) atoms. The van der Waals surface area contributed by atoms with Gasteiger partial charge in [-0.1, -0.05) is 18.2 Å². The molecule has 2 aliphatic heterocycles. The van der Waals surface area contributed by atoms with Gasteiger partial charge in [0, 0.05) is 19.4 Å². The van der Waals surface area contributed by atoms with E-state index in [2.05, 4.69) is 0 Å². The molecule has 1 aromatic rings. The summed E-state index contributed by atoms with van der Waals surface area (Å²) in [6.45, 7) is 2.37. The summed E-state index contributed by atoms with van der Waals surface area (Å²) in [6.07, 6.45) is 1.56. The van der Waals surface area contributed by atoms with Crippen molar-refractivity contribution in [1.29, 1.82) is 0 Å². The van der Waals surface area contributed by atoms with Crippen molar-refractivity contribution < 1.29 is 19.4 Å². The van der Waals surface area contributed by atoms with Crippen molar-refractivity contribution in [2.24, 2.45) is 5.41 Å². The lowest BCUT2D eigenvalue weighted by atomic mass is 9.76. The first-order valence-corrected chi connectivity index (χ1v) is 6.71. The Balaban J connectivity index is 1.77. The van der Waals surface area contributed by atoms with Crippen molar-refractivity contribution >= 4 is 5.97 Å². The van der Waals surface area contributed by atoms with E-state index in [1.165, 1.54) is 5.56 Å². The van der Waals surface area contributed by atoms with Crippen molar-refractivity contribution in [2.45, 2.75) is 38.4 Å². The summed E-state index contributed by atoms with van der Waals surface area (Å²) in [4.78, 5) is 11.7. The number of carboxylic acids is 1. The van der Waals surface area contributed by atoms with Crippen molar-refractivity contribution in [3.8, 4) is 5.75 Å². The maximum absolute atomic E-state index is 11.7. The zero-order valence-corrected chi connectivity index (χ0v) is 11.0. The number of ether oxygens (including phenoxy) is 2. The molecule has 0 aromatic heterocycles. The number of aliphatic carboxylic acids is 1. The van der Waals surface area contributed by atoms with E-state index in [9.17, 15) is 9.90 Å². The van der Waals surface area contributed by atoms with Crippen LogP contribution in [-0.2, 0) is 16.0 Å². The Morgan fingerprint density at radius 2 is 2.26 bits per heavy atom. The van der Waals surface area contributed by atoms with E-state index < -0.39 is 11.4 Å². The average molecular weight is 262 g/mol. The summed E-state index contributed by atoms with van der Waals surface area (Å²) in [6, 6.07) is 7.91. The molecule has 1 N–H and O–H groups in total. The van der Waals surface area contributed by atoms with Gasteiger partial charge in [-0.3, -0.25) is 4.79 Å². The van der Waals surface area contributed by atoms with Crippen LogP contribution in [0.5, 0.6) is 5.75 Å². The third-order valence-electron chi connectivity index (χ3n) is 4.43. The first kappa shape index (κ1) is 12.5. The molecule has 0 amide bonds. The smallest absolute Gasteiger partial charge is 0.312 e. The molecule has 0 aliphatic carbocycles. The maximum Gasteiger partial charge on any atom is 0.312 e. The van der Waals surface area contributed by atoms with Crippen molar-refractivity contribution in [1.82, 2.24) is 0 Å². The number of hydrogen-bond acceptors (Lipinski definition) is 3. The Morgan fingerprint density at radius 1 is 1.47 bits per heavy atom. The molecule has 2 heterocycles. The summed E-state index contributed by atoms with van der Waals surface area (Å²) < 4.78 is 11.4. The summed E-state index contributed by atoms with van der Waals surface area (Å²) >= 11 is 0. The van der Waals surface area contributed by atoms with E-state index in [0.29, 0.717) is 19.4 Å². The molecule has 0 spiro atoms. The quantitative estimate of drug-likeness (QED) is 0.907. The lowest BCUT2D eigenvalue weighted by Crippen LogP contribution is -2.41. The molecule has 0 saturated carbocycles. The highest BCUT2D eigenvalue weighted by atomic mass is 16.5. The molecular weight excluding hydrogens is 244 g/mol. The van der Waals surface area contributed by atoms with Crippen molar-refractivity contribution in [3.63, 3.8) is 0 Å².